The van der Waals surface area contributed by atoms with Crippen molar-refractivity contribution in [3.8, 4) is 28.4 Å². The zero-order chi connectivity index (χ0) is 22.0. The number of aromatic nitrogens is 1. The van der Waals surface area contributed by atoms with E-state index >= 15 is 0 Å². The van der Waals surface area contributed by atoms with Gasteiger partial charge in [0.1, 0.15) is 5.52 Å². The van der Waals surface area contributed by atoms with Crippen molar-refractivity contribution in [2.24, 2.45) is 0 Å². The Hall–Kier alpha value is -3.87. The first-order valence-electron chi connectivity index (χ1n) is 9.78. The van der Waals surface area contributed by atoms with Gasteiger partial charge in [-0.3, -0.25) is 0 Å². The number of para-hydroxylation sites is 1. The lowest BCUT2D eigenvalue weighted by atomic mass is 10.0. The Kier molecular flexibility index (Phi) is 5.58. The molecular weight excluding hydrogens is 394 g/mol. The molecule has 31 heavy (non-hydrogen) atoms. The fourth-order valence-electron chi connectivity index (χ4n) is 3.45. The van der Waals surface area contributed by atoms with Crippen molar-refractivity contribution in [3.05, 3.63) is 54.6 Å². The van der Waals surface area contributed by atoms with Gasteiger partial charge in [-0.15, -0.1) is 0 Å². The molecular formula is C24H25N3O4. The summed E-state index contributed by atoms with van der Waals surface area (Å²) >= 11 is 0. The number of benzene rings is 3. The van der Waals surface area contributed by atoms with E-state index in [9.17, 15) is 0 Å². The summed E-state index contributed by atoms with van der Waals surface area (Å²) in [7, 11) is 8.77. The van der Waals surface area contributed by atoms with E-state index in [1.54, 1.807) is 33.5 Å². The molecule has 160 valence electrons. The second-order valence-electron chi connectivity index (χ2n) is 7.15. The Morgan fingerprint density at radius 3 is 2.13 bits per heavy atom. The number of methoxy groups -OCH3 is 3. The quantitative estimate of drug-likeness (QED) is 0.434. The minimum Gasteiger partial charge on any atom is -0.493 e. The van der Waals surface area contributed by atoms with Crippen LogP contribution in [0.1, 0.15) is 0 Å². The fourth-order valence-corrected chi connectivity index (χ4v) is 3.45. The largest absolute Gasteiger partial charge is 0.493 e. The molecule has 0 spiro atoms. The van der Waals surface area contributed by atoms with Crippen molar-refractivity contribution < 1.29 is 18.6 Å². The van der Waals surface area contributed by atoms with Gasteiger partial charge in [0.2, 0.25) is 5.75 Å². The summed E-state index contributed by atoms with van der Waals surface area (Å²) in [6, 6.07) is 18.2. The van der Waals surface area contributed by atoms with Crippen LogP contribution in [0.25, 0.3) is 22.2 Å². The third-order valence-electron chi connectivity index (χ3n) is 5.03. The standard InChI is InChI=1S/C24H25N3O4/c1-27(2)17-11-9-15(10-12-17)18-7-6-8-19-22(18)31-24(26-19)25-16-13-20(28-3)23(30-5)21(14-16)29-4/h6-14H,1-5H3,(H,25,26). The van der Waals surface area contributed by atoms with Gasteiger partial charge in [0.15, 0.2) is 17.1 Å². The number of ether oxygens (including phenoxy) is 3. The van der Waals surface area contributed by atoms with E-state index < -0.39 is 0 Å². The van der Waals surface area contributed by atoms with E-state index in [1.807, 2.05) is 32.3 Å². The predicted octanol–water partition coefficient (Wildman–Crippen LogP) is 5.33. The Labute approximate surface area is 181 Å². The van der Waals surface area contributed by atoms with E-state index in [1.165, 1.54) is 0 Å². The van der Waals surface area contributed by atoms with Crippen LogP contribution in [0.15, 0.2) is 59.0 Å². The average molecular weight is 419 g/mol. The Balaban J connectivity index is 1.70. The predicted molar refractivity (Wildman–Crippen MR) is 123 cm³/mol. The molecule has 0 bridgehead atoms. The highest BCUT2D eigenvalue weighted by Gasteiger charge is 2.16. The maximum absolute atomic E-state index is 6.09. The lowest BCUT2D eigenvalue weighted by Gasteiger charge is -2.14. The average Bonchev–Trinajstić information content (AvgIpc) is 3.20. The van der Waals surface area contributed by atoms with Crippen molar-refractivity contribution >= 4 is 28.5 Å². The molecule has 3 aromatic carbocycles. The lowest BCUT2D eigenvalue weighted by molar-refractivity contribution is 0.324. The summed E-state index contributed by atoms with van der Waals surface area (Å²) < 4.78 is 22.3. The van der Waals surface area contributed by atoms with Crippen LogP contribution in [0.2, 0.25) is 0 Å². The molecule has 4 rings (SSSR count). The number of hydrogen-bond donors (Lipinski definition) is 1. The van der Waals surface area contributed by atoms with Crippen LogP contribution in [0.3, 0.4) is 0 Å². The Morgan fingerprint density at radius 1 is 0.871 bits per heavy atom. The van der Waals surface area contributed by atoms with Crippen molar-refractivity contribution in [1.82, 2.24) is 4.98 Å². The molecule has 0 aliphatic rings. The normalized spacial score (nSPS) is 10.7. The number of rotatable bonds is 7. The zero-order valence-corrected chi connectivity index (χ0v) is 18.2. The zero-order valence-electron chi connectivity index (χ0n) is 18.2. The molecule has 7 heteroatoms. The van der Waals surface area contributed by atoms with Gasteiger partial charge >= 0.3 is 0 Å². The van der Waals surface area contributed by atoms with Crippen LogP contribution >= 0.6 is 0 Å². The van der Waals surface area contributed by atoms with Crippen LogP contribution in [0.5, 0.6) is 17.2 Å². The van der Waals surface area contributed by atoms with Crippen LogP contribution in [0, 0.1) is 0 Å². The number of oxazole rings is 1. The lowest BCUT2D eigenvalue weighted by Crippen LogP contribution is -2.07. The summed E-state index contributed by atoms with van der Waals surface area (Å²) in [5.41, 5.74) is 5.37. The topological polar surface area (TPSA) is 69.0 Å². The number of nitrogens with zero attached hydrogens (tertiary/aromatic N) is 2. The molecule has 0 atom stereocenters. The molecule has 1 heterocycles. The molecule has 0 amide bonds. The van der Waals surface area contributed by atoms with E-state index in [0.717, 1.165) is 27.9 Å². The molecule has 7 nitrogen and oxygen atoms in total. The first-order chi connectivity index (χ1) is 15.0. The van der Waals surface area contributed by atoms with E-state index in [0.29, 0.717) is 29.0 Å². The second-order valence-corrected chi connectivity index (χ2v) is 7.15. The van der Waals surface area contributed by atoms with Crippen molar-refractivity contribution in [1.29, 1.82) is 0 Å². The monoisotopic (exact) mass is 419 g/mol. The van der Waals surface area contributed by atoms with Gasteiger partial charge in [-0.05, 0) is 23.8 Å². The first-order valence-corrected chi connectivity index (χ1v) is 9.78. The van der Waals surface area contributed by atoms with Crippen LogP contribution in [0.4, 0.5) is 17.4 Å². The molecule has 4 aromatic rings. The van der Waals surface area contributed by atoms with Crippen molar-refractivity contribution in [2.45, 2.75) is 0 Å². The number of anilines is 3. The smallest absolute Gasteiger partial charge is 0.300 e. The van der Waals surface area contributed by atoms with Crippen LogP contribution in [-0.4, -0.2) is 40.4 Å². The van der Waals surface area contributed by atoms with E-state index in [-0.39, 0.29) is 0 Å². The van der Waals surface area contributed by atoms with Gasteiger partial charge in [0.05, 0.1) is 21.3 Å². The van der Waals surface area contributed by atoms with Gasteiger partial charge in [-0.25, -0.2) is 0 Å². The number of hydrogen-bond acceptors (Lipinski definition) is 7. The molecule has 0 aliphatic heterocycles. The first kappa shape index (κ1) is 20.4. The number of fused-ring (bicyclic) bond motifs is 1. The molecule has 0 fully saturated rings. The summed E-state index contributed by atoms with van der Waals surface area (Å²) in [4.78, 5) is 6.66. The summed E-state index contributed by atoms with van der Waals surface area (Å²) in [6.07, 6.45) is 0. The Morgan fingerprint density at radius 2 is 1.55 bits per heavy atom. The van der Waals surface area contributed by atoms with Crippen LogP contribution < -0.4 is 24.4 Å². The molecule has 0 radical (unpaired) electrons. The van der Waals surface area contributed by atoms with Crippen molar-refractivity contribution in [3.63, 3.8) is 0 Å². The van der Waals surface area contributed by atoms with Gasteiger partial charge in [-0.1, -0.05) is 24.3 Å². The maximum Gasteiger partial charge on any atom is 0.300 e. The minimum absolute atomic E-state index is 0.377. The van der Waals surface area contributed by atoms with Gasteiger partial charge < -0.3 is 28.8 Å². The van der Waals surface area contributed by atoms with Gasteiger partial charge in [0.25, 0.3) is 6.01 Å². The third-order valence-corrected chi connectivity index (χ3v) is 5.03. The van der Waals surface area contributed by atoms with Gasteiger partial charge in [-0.2, -0.15) is 4.98 Å². The molecule has 0 saturated heterocycles. The molecule has 0 unspecified atom stereocenters. The summed E-state index contributed by atoms with van der Waals surface area (Å²) in [5, 5.41) is 3.20. The SMILES string of the molecule is COc1cc(Nc2nc3cccc(-c4ccc(N(C)C)cc4)c3o2)cc(OC)c1OC. The van der Waals surface area contributed by atoms with E-state index in [2.05, 4.69) is 39.5 Å². The summed E-state index contributed by atoms with van der Waals surface area (Å²) in [5.74, 6) is 1.61. The summed E-state index contributed by atoms with van der Waals surface area (Å²) in [6.45, 7) is 0. The van der Waals surface area contributed by atoms with Crippen LogP contribution in [-0.2, 0) is 0 Å². The highest BCUT2D eigenvalue weighted by molar-refractivity contribution is 5.91. The molecule has 0 saturated carbocycles. The minimum atomic E-state index is 0.377. The third kappa shape index (κ3) is 3.94. The van der Waals surface area contributed by atoms with E-state index in [4.69, 9.17) is 18.6 Å². The highest BCUT2D eigenvalue weighted by atomic mass is 16.5. The maximum atomic E-state index is 6.09. The van der Waals surface area contributed by atoms with Gasteiger partial charge in [0, 0.05) is 43.2 Å². The van der Waals surface area contributed by atoms with Crippen molar-refractivity contribution in [2.75, 3.05) is 45.6 Å². The highest BCUT2D eigenvalue weighted by Crippen LogP contribution is 2.41. The Bertz CT molecular complexity index is 1170. The molecule has 1 aromatic heterocycles. The molecule has 0 aliphatic carbocycles. The molecule has 1 N–H and O–H groups in total. The number of nitrogens with one attached hydrogen (secondary N) is 1. The second kappa shape index (κ2) is 8.47. The fraction of sp³-hybridized carbons (Fsp3) is 0.208.